The van der Waals surface area contributed by atoms with Gasteiger partial charge in [0.15, 0.2) is 0 Å². The highest BCUT2D eigenvalue weighted by molar-refractivity contribution is 6.07. The first kappa shape index (κ1) is 29.8. The van der Waals surface area contributed by atoms with Crippen LogP contribution < -0.4 is 0 Å². The maximum atomic E-state index is 5.46. The van der Waals surface area contributed by atoms with Gasteiger partial charge < -0.3 is 0 Å². The van der Waals surface area contributed by atoms with Gasteiger partial charge in [-0.2, -0.15) is 0 Å². The van der Waals surface area contributed by atoms with Gasteiger partial charge in [-0.25, -0.2) is 9.97 Å². The van der Waals surface area contributed by atoms with Crippen LogP contribution in [0.15, 0.2) is 183 Å². The summed E-state index contributed by atoms with van der Waals surface area (Å²) >= 11 is 0. The maximum absolute atomic E-state index is 5.46. The SMILES string of the molecule is c1ccc2cc3nc(-c4cc(-c5ccc(-c6ccncc6)c6ccccc56)nc(-c5ccc(-c6ccncc6)c6ccccc56)c4)ccc3cc2c1. The number of benzene rings is 6. The Morgan fingerprint density at radius 1 is 0.288 bits per heavy atom. The summed E-state index contributed by atoms with van der Waals surface area (Å²) in [6.07, 6.45) is 7.38. The Morgan fingerprint density at radius 2 is 0.750 bits per heavy atom. The van der Waals surface area contributed by atoms with Crippen LogP contribution in [0.4, 0.5) is 0 Å². The Kier molecular flexibility index (Phi) is 7.10. The molecule has 4 nitrogen and oxygen atoms in total. The second-order valence-corrected chi connectivity index (χ2v) is 13.1. The topological polar surface area (TPSA) is 51.6 Å². The Labute approximate surface area is 300 Å². The molecule has 10 rings (SSSR count). The molecule has 0 aliphatic carbocycles. The van der Waals surface area contributed by atoms with Gasteiger partial charge in [0.1, 0.15) is 0 Å². The molecule has 6 aromatic carbocycles. The standard InChI is InChI=1S/C48H30N4/c1-2-8-34-28-46-35(27-33(34)7-1)13-18-45(51-46)36-29-47(43-16-14-37(31-19-23-49-24-20-31)39-9-3-5-11-41(39)43)52-48(30-36)44-17-15-38(32-21-25-50-26-22-32)40-10-4-6-12-42(40)44/h1-30H. The smallest absolute Gasteiger partial charge is 0.0722 e. The Bertz CT molecular complexity index is 2810. The normalized spacial score (nSPS) is 11.5. The first-order valence-electron chi connectivity index (χ1n) is 17.4. The number of hydrogen-bond acceptors (Lipinski definition) is 4. The molecule has 0 N–H and O–H groups in total. The van der Waals surface area contributed by atoms with Crippen LogP contribution in [-0.4, -0.2) is 19.9 Å². The molecule has 0 unspecified atom stereocenters. The Morgan fingerprint density at radius 3 is 1.29 bits per heavy atom. The average Bonchev–Trinajstić information content (AvgIpc) is 3.22. The summed E-state index contributed by atoms with van der Waals surface area (Å²) in [5.74, 6) is 0. The van der Waals surface area contributed by atoms with Crippen molar-refractivity contribution in [2.75, 3.05) is 0 Å². The van der Waals surface area contributed by atoms with E-state index in [1.54, 1.807) is 0 Å². The fourth-order valence-corrected chi connectivity index (χ4v) is 7.54. The first-order chi connectivity index (χ1) is 25.8. The van der Waals surface area contributed by atoms with E-state index in [9.17, 15) is 0 Å². The fraction of sp³-hybridized carbons (Fsp3) is 0. The van der Waals surface area contributed by atoms with Gasteiger partial charge in [-0.05, 0) is 109 Å². The lowest BCUT2D eigenvalue weighted by Crippen LogP contribution is -1.95. The van der Waals surface area contributed by atoms with E-state index in [1.807, 2.05) is 24.8 Å². The molecule has 242 valence electrons. The Balaban J connectivity index is 1.22. The zero-order valence-corrected chi connectivity index (χ0v) is 28.1. The van der Waals surface area contributed by atoms with Gasteiger partial charge in [0.25, 0.3) is 0 Å². The van der Waals surface area contributed by atoms with Crippen molar-refractivity contribution >= 4 is 43.2 Å². The lowest BCUT2D eigenvalue weighted by atomic mass is 9.92. The van der Waals surface area contributed by atoms with Crippen LogP contribution in [0.5, 0.6) is 0 Å². The van der Waals surface area contributed by atoms with Gasteiger partial charge in [0.2, 0.25) is 0 Å². The van der Waals surface area contributed by atoms with Crippen molar-refractivity contribution in [2.45, 2.75) is 0 Å². The molecule has 4 aromatic heterocycles. The van der Waals surface area contributed by atoms with E-state index in [1.165, 1.54) is 32.7 Å². The minimum Gasteiger partial charge on any atom is -0.265 e. The zero-order valence-electron chi connectivity index (χ0n) is 28.1. The third-order valence-electron chi connectivity index (χ3n) is 10.1. The molecule has 0 atom stereocenters. The summed E-state index contributed by atoms with van der Waals surface area (Å²) in [7, 11) is 0. The van der Waals surface area contributed by atoms with Crippen LogP contribution in [0.25, 0.3) is 99.2 Å². The van der Waals surface area contributed by atoms with E-state index in [0.29, 0.717) is 0 Å². The van der Waals surface area contributed by atoms with E-state index in [-0.39, 0.29) is 0 Å². The van der Waals surface area contributed by atoms with Crippen molar-refractivity contribution in [2.24, 2.45) is 0 Å². The molecule has 0 bridgehead atoms. The minimum absolute atomic E-state index is 0.896. The first-order valence-corrected chi connectivity index (χ1v) is 17.4. The summed E-state index contributed by atoms with van der Waals surface area (Å²) in [5.41, 5.74) is 11.4. The molecule has 0 aliphatic heterocycles. The van der Waals surface area contributed by atoms with E-state index in [2.05, 4.69) is 168 Å². The number of hydrogen-bond donors (Lipinski definition) is 0. The van der Waals surface area contributed by atoms with Crippen LogP contribution in [0.1, 0.15) is 0 Å². The third kappa shape index (κ3) is 5.17. The molecular weight excluding hydrogens is 633 g/mol. The number of pyridine rings is 4. The lowest BCUT2D eigenvalue weighted by Gasteiger charge is -2.16. The summed E-state index contributed by atoms with van der Waals surface area (Å²) in [6, 6.07) is 55.8. The van der Waals surface area contributed by atoms with Crippen molar-refractivity contribution in [3.05, 3.63) is 183 Å². The van der Waals surface area contributed by atoms with Crippen LogP contribution in [0.2, 0.25) is 0 Å². The van der Waals surface area contributed by atoms with E-state index < -0.39 is 0 Å². The molecule has 0 radical (unpaired) electrons. The molecule has 0 spiro atoms. The molecule has 52 heavy (non-hydrogen) atoms. The van der Waals surface area contributed by atoms with Gasteiger partial charge in [-0.1, -0.05) is 103 Å². The number of aromatic nitrogens is 4. The molecule has 0 saturated heterocycles. The zero-order chi connectivity index (χ0) is 34.4. The monoisotopic (exact) mass is 662 g/mol. The average molecular weight is 663 g/mol. The number of fused-ring (bicyclic) bond motifs is 4. The van der Waals surface area contributed by atoms with E-state index >= 15 is 0 Å². The van der Waals surface area contributed by atoms with Gasteiger partial charge in [-0.15, -0.1) is 0 Å². The van der Waals surface area contributed by atoms with Crippen LogP contribution in [-0.2, 0) is 0 Å². The van der Waals surface area contributed by atoms with Crippen molar-refractivity contribution in [3.8, 4) is 56.0 Å². The third-order valence-corrected chi connectivity index (χ3v) is 10.1. The van der Waals surface area contributed by atoms with Crippen LogP contribution in [0, 0.1) is 0 Å². The lowest BCUT2D eigenvalue weighted by molar-refractivity contribution is 1.31. The predicted molar refractivity (Wildman–Crippen MR) is 215 cm³/mol. The minimum atomic E-state index is 0.896. The summed E-state index contributed by atoms with van der Waals surface area (Å²) in [4.78, 5) is 19.2. The van der Waals surface area contributed by atoms with E-state index in [4.69, 9.17) is 9.97 Å². The Hall–Kier alpha value is -7.04. The fourth-order valence-electron chi connectivity index (χ4n) is 7.54. The molecule has 0 saturated carbocycles. The van der Waals surface area contributed by atoms with Crippen molar-refractivity contribution in [3.63, 3.8) is 0 Å². The van der Waals surface area contributed by atoms with Crippen LogP contribution in [0.3, 0.4) is 0 Å². The molecule has 0 fully saturated rings. The van der Waals surface area contributed by atoms with Gasteiger partial charge in [-0.3, -0.25) is 9.97 Å². The second-order valence-electron chi connectivity index (χ2n) is 13.1. The van der Waals surface area contributed by atoms with Crippen molar-refractivity contribution in [1.82, 2.24) is 19.9 Å². The highest BCUT2D eigenvalue weighted by atomic mass is 14.7. The van der Waals surface area contributed by atoms with E-state index in [0.717, 1.165) is 66.6 Å². The van der Waals surface area contributed by atoms with Gasteiger partial charge >= 0.3 is 0 Å². The highest BCUT2D eigenvalue weighted by Gasteiger charge is 2.17. The van der Waals surface area contributed by atoms with Gasteiger partial charge in [0, 0.05) is 46.9 Å². The predicted octanol–water partition coefficient (Wildman–Crippen LogP) is 12.2. The van der Waals surface area contributed by atoms with Crippen molar-refractivity contribution < 1.29 is 0 Å². The maximum Gasteiger partial charge on any atom is 0.0722 e. The van der Waals surface area contributed by atoms with Gasteiger partial charge in [0.05, 0.1) is 22.6 Å². The highest BCUT2D eigenvalue weighted by Crippen LogP contribution is 2.40. The molecule has 0 aliphatic rings. The quantitative estimate of drug-likeness (QED) is 0.172. The molecule has 0 amide bonds. The number of rotatable bonds is 5. The molecule has 10 aromatic rings. The second kappa shape index (κ2) is 12.4. The molecule has 4 heteroatoms. The van der Waals surface area contributed by atoms with Crippen molar-refractivity contribution in [1.29, 1.82) is 0 Å². The largest absolute Gasteiger partial charge is 0.265 e. The summed E-state index contributed by atoms with van der Waals surface area (Å²) in [5, 5.41) is 8.13. The summed E-state index contributed by atoms with van der Waals surface area (Å²) < 4.78 is 0. The summed E-state index contributed by atoms with van der Waals surface area (Å²) in [6.45, 7) is 0. The molecular formula is C48H30N4. The number of nitrogens with zero attached hydrogens (tertiary/aromatic N) is 4. The van der Waals surface area contributed by atoms with Crippen LogP contribution >= 0.6 is 0 Å². The molecule has 4 heterocycles.